The van der Waals surface area contributed by atoms with Gasteiger partial charge in [0, 0.05) is 13.0 Å². The standard InChI is InChI=1S/C25H36N2O4S/c1-19-16-20(2)18-21(17-19)27(32(6,29)30)14-9-12-24(28)26-13-15-31-23-11-8-7-10-22(23)25(3,4)5/h7-8,10-11,16-18H,9,12-15H2,1-6H3,(H,26,28). The van der Waals surface area contributed by atoms with Crippen LogP contribution in [0.15, 0.2) is 42.5 Å². The zero-order valence-electron chi connectivity index (χ0n) is 20.1. The first kappa shape index (κ1) is 25.7. The number of rotatable bonds is 10. The molecule has 0 aliphatic rings. The van der Waals surface area contributed by atoms with Gasteiger partial charge in [-0.05, 0) is 60.6 Å². The zero-order chi connectivity index (χ0) is 23.9. The minimum Gasteiger partial charge on any atom is -0.491 e. The Bertz CT molecular complexity index is 1010. The molecule has 1 N–H and O–H groups in total. The molecular formula is C25H36N2O4S. The first-order valence-corrected chi connectivity index (χ1v) is 12.8. The van der Waals surface area contributed by atoms with Gasteiger partial charge in [-0.2, -0.15) is 0 Å². The van der Waals surface area contributed by atoms with Crippen molar-refractivity contribution in [3.05, 3.63) is 59.2 Å². The van der Waals surface area contributed by atoms with Crippen LogP contribution in [0.4, 0.5) is 5.69 Å². The van der Waals surface area contributed by atoms with E-state index in [1.165, 1.54) is 10.6 Å². The normalized spacial score (nSPS) is 11.8. The summed E-state index contributed by atoms with van der Waals surface area (Å²) in [4.78, 5) is 12.2. The van der Waals surface area contributed by atoms with Crippen molar-refractivity contribution in [3.63, 3.8) is 0 Å². The third-order valence-corrected chi connectivity index (χ3v) is 6.23. The molecule has 0 spiro atoms. The Morgan fingerprint density at radius 3 is 2.28 bits per heavy atom. The summed E-state index contributed by atoms with van der Waals surface area (Å²) >= 11 is 0. The summed E-state index contributed by atoms with van der Waals surface area (Å²) in [5.74, 6) is 0.707. The maximum absolute atomic E-state index is 12.3. The fourth-order valence-corrected chi connectivity index (χ4v) is 4.57. The second-order valence-electron chi connectivity index (χ2n) is 9.23. The monoisotopic (exact) mass is 460 g/mol. The Morgan fingerprint density at radius 2 is 1.69 bits per heavy atom. The highest BCUT2D eigenvalue weighted by atomic mass is 32.2. The molecule has 0 saturated carbocycles. The van der Waals surface area contributed by atoms with Crippen LogP contribution >= 0.6 is 0 Å². The first-order valence-electron chi connectivity index (χ1n) is 10.9. The van der Waals surface area contributed by atoms with E-state index in [0.29, 0.717) is 25.3 Å². The van der Waals surface area contributed by atoms with Crippen molar-refractivity contribution in [1.29, 1.82) is 0 Å². The van der Waals surface area contributed by atoms with Gasteiger partial charge in [0.15, 0.2) is 0 Å². The lowest BCUT2D eigenvalue weighted by atomic mass is 9.86. The van der Waals surface area contributed by atoms with Crippen LogP contribution < -0.4 is 14.4 Å². The Morgan fingerprint density at radius 1 is 1.06 bits per heavy atom. The number of ether oxygens (including phenoxy) is 1. The van der Waals surface area contributed by atoms with Crippen LogP contribution in [-0.4, -0.2) is 40.3 Å². The summed E-state index contributed by atoms with van der Waals surface area (Å²) in [6.45, 7) is 11.3. The minimum absolute atomic E-state index is 0.0266. The molecule has 0 heterocycles. The van der Waals surface area contributed by atoms with Crippen molar-refractivity contribution >= 4 is 21.6 Å². The molecule has 2 rings (SSSR count). The van der Waals surface area contributed by atoms with Gasteiger partial charge in [0.2, 0.25) is 15.9 Å². The van der Waals surface area contributed by atoms with Gasteiger partial charge >= 0.3 is 0 Å². The number of hydrogen-bond acceptors (Lipinski definition) is 4. The van der Waals surface area contributed by atoms with Crippen LogP contribution in [-0.2, 0) is 20.2 Å². The van der Waals surface area contributed by atoms with E-state index in [2.05, 4.69) is 32.2 Å². The van der Waals surface area contributed by atoms with Crippen LogP contribution in [0, 0.1) is 13.8 Å². The molecule has 176 valence electrons. The highest BCUT2D eigenvalue weighted by molar-refractivity contribution is 7.92. The quantitative estimate of drug-likeness (QED) is 0.535. The molecule has 0 aromatic heterocycles. The maximum Gasteiger partial charge on any atom is 0.232 e. The number of carbonyl (C=O) groups excluding carboxylic acids is 1. The number of anilines is 1. The summed E-state index contributed by atoms with van der Waals surface area (Å²) in [7, 11) is -3.44. The number of nitrogens with one attached hydrogen (secondary N) is 1. The number of para-hydroxylation sites is 1. The van der Waals surface area contributed by atoms with Gasteiger partial charge < -0.3 is 10.1 Å². The lowest BCUT2D eigenvalue weighted by Gasteiger charge is -2.23. The summed E-state index contributed by atoms with van der Waals surface area (Å²) in [6.07, 6.45) is 1.87. The molecule has 6 nitrogen and oxygen atoms in total. The summed E-state index contributed by atoms with van der Waals surface area (Å²) in [6, 6.07) is 13.6. The third kappa shape index (κ3) is 7.86. The predicted molar refractivity (Wildman–Crippen MR) is 131 cm³/mol. The third-order valence-electron chi connectivity index (χ3n) is 5.04. The van der Waals surface area contributed by atoms with Crippen molar-refractivity contribution < 1.29 is 17.9 Å². The number of amides is 1. The van der Waals surface area contributed by atoms with Crippen LogP contribution in [0.1, 0.15) is 50.3 Å². The number of hydrogen-bond donors (Lipinski definition) is 1. The zero-order valence-corrected chi connectivity index (χ0v) is 20.9. The fourth-order valence-electron chi connectivity index (χ4n) is 3.62. The molecule has 7 heteroatoms. The van der Waals surface area contributed by atoms with E-state index in [-0.39, 0.29) is 24.3 Å². The number of aryl methyl sites for hydroxylation is 2. The Hall–Kier alpha value is -2.54. The first-order chi connectivity index (χ1) is 14.9. The van der Waals surface area contributed by atoms with Gasteiger partial charge in [0.25, 0.3) is 0 Å². The van der Waals surface area contributed by atoms with Gasteiger partial charge in [-0.1, -0.05) is 45.0 Å². The largest absolute Gasteiger partial charge is 0.491 e. The number of carbonyl (C=O) groups is 1. The summed E-state index contributed by atoms with van der Waals surface area (Å²) < 4.78 is 31.8. The fraction of sp³-hybridized carbons (Fsp3) is 0.480. The molecule has 2 aromatic rings. The van der Waals surface area contributed by atoms with Crippen LogP contribution in [0.3, 0.4) is 0 Å². The van der Waals surface area contributed by atoms with E-state index < -0.39 is 10.0 Å². The minimum atomic E-state index is -3.44. The van der Waals surface area contributed by atoms with Gasteiger partial charge in [0.1, 0.15) is 12.4 Å². The Kier molecular flexibility index (Phi) is 8.73. The molecule has 0 radical (unpaired) electrons. The molecule has 1 amide bonds. The number of benzene rings is 2. The van der Waals surface area contributed by atoms with E-state index in [9.17, 15) is 13.2 Å². The van der Waals surface area contributed by atoms with Gasteiger partial charge in [0.05, 0.1) is 18.5 Å². The van der Waals surface area contributed by atoms with Crippen LogP contribution in [0.25, 0.3) is 0 Å². The summed E-state index contributed by atoms with van der Waals surface area (Å²) in [5, 5.41) is 2.85. The lowest BCUT2D eigenvalue weighted by Crippen LogP contribution is -2.33. The molecule has 0 atom stereocenters. The molecule has 2 aromatic carbocycles. The van der Waals surface area contributed by atoms with Crippen molar-refractivity contribution in [3.8, 4) is 5.75 Å². The molecule has 0 aliphatic heterocycles. The van der Waals surface area contributed by atoms with Crippen molar-refractivity contribution in [2.24, 2.45) is 0 Å². The molecule has 0 bridgehead atoms. The van der Waals surface area contributed by atoms with E-state index in [4.69, 9.17) is 4.74 Å². The van der Waals surface area contributed by atoms with Crippen molar-refractivity contribution in [2.75, 3.05) is 30.3 Å². The van der Waals surface area contributed by atoms with E-state index in [1.54, 1.807) is 0 Å². The van der Waals surface area contributed by atoms with Crippen molar-refractivity contribution in [2.45, 2.75) is 52.9 Å². The van der Waals surface area contributed by atoms with E-state index >= 15 is 0 Å². The van der Waals surface area contributed by atoms with Crippen LogP contribution in [0.5, 0.6) is 5.75 Å². The van der Waals surface area contributed by atoms with Crippen molar-refractivity contribution in [1.82, 2.24) is 5.32 Å². The highest BCUT2D eigenvalue weighted by Gasteiger charge is 2.19. The smallest absolute Gasteiger partial charge is 0.232 e. The Balaban J connectivity index is 1.83. The molecular weight excluding hydrogens is 424 g/mol. The molecule has 0 aliphatic carbocycles. The molecule has 32 heavy (non-hydrogen) atoms. The van der Waals surface area contributed by atoms with E-state index in [0.717, 1.165) is 22.4 Å². The average Bonchev–Trinajstić information content (AvgIpc) is 2.66. The predicted octanol–water partition coefficient (Wildman–Crippen LogP) is 4.34. The molecule has 0 fully saturated rings. The second-order valence-corrected chi connectivity index (χ2v) is 11.1. The second kappa shape index (κ2) is 10.9. The lowest BCUT2D eigenvalue weighted by molar-refractivity contribution is -0.121. The van der Waals surface area contributed by atoms with Gasteiger partial charge in [-0.3, -0.25) is 9.10 Å². The molecule has 0 saturated heterocycles. The van der Waals surface area contributed by atoms with Gasteiger partial charge in [-0.25, -0.2) is 8.42 Å². The summed E-state index contributed by atoms with van der Waals surface area (Å²) in [5.41, 5.74) is 3.73. The topological polar surface area (TPSA) is 75.7 Å². The molecule has 0 unspecified atom stereocenters. The maximum atomic E-state index is 12.3. The van der Waals surface area contributed by atoms with Gasteiger partial charge in [-0.15, -0.1) is 0 Å². The number of nitrogens with zero attached hydrogens (tertiary/aromatic N) is 1. The van der Waals surface area contributed by atoms with Crippen LogP contribution in [0.2, 0.25) is 0 Å². The Labute approximate surface area is 193 Å². The number of sulfonamides is 1. The SMILES string of the molecule is Cc1cc(C)cc(N(CCCC(=O)NCCOc2ccccc2C(C)(C)C)S(C)(=O)=O)c1. The average molecular weight is 461 g/mol. The highest BCUT2D eigenvalue weighted by Crippen LogP contribution is 2.30. The van der Waals surface area contributed by atoms with E-state index in [1.807, 2.05) is 50.2 Å².